The minimum atomic E-state index is -0.428. The SMILES string of the molecule is CCOC(=O)n1ccn(C)c1=S.[H-].[Li+]. The van der Waals surface area contributed by atoms with E-state index in [1.54, 1.807) is 30.9 Å². The van der Waals surface area contributed by atoms with Crippen LogP contribution in [0.1, 0.15) is 8.35 Å². The smallest absolute Gasteiger partial charge is 1.00 e. The predicted molar refractivity (Wildman–Crippen MR) is 47.8 cm³/mol. The summed E-state index contributed by atoms with van der Waals surface area (Å²) in [7, 11) is 1.78. The van der Waals surface area contributed by atoms with Crippen LogP contribution in [0.5, 0.6) is 0 Å². The van der Waals surface area contributed by atoms with E-state index >= 15 is 0 Å². The van der Waals surface area contributed by atoms with Gasteiger partial charge in [0.05, 0.1) is 6.61 Å². The molecular formula is C7H11LiN2O2S. The van der Waals surface area contributed by atoms with E-state index < -0.39 is 6.09 Å². The number of nitrogens with zero attached hydrogens (tertiary/aromatic N) is 2. The first-order chi connectivity index (χ1) is 5.66. The summed E-state index contributed by atoms with van der Waals surface area (Å²) in [6.07, 6.45) is 2.86. The number of hydrogen-bond acceptors (Lipinski definition) is 3. The molecule has 1 heterocycles. The second-order valence-corrected chi connectivity index (χ2v) is 2.63. The van der Waals surface area contributed by atoms with Gasteiger partial charge >= 0.3 is 25.0 Å². The number of hydrogen-bond donors (Lipinski definition) is 0. The summed E-state index contributed by atoms with van der Waals surface area (Å²) in [6, 6.07) is 0. The summed E-state index contributed by atoms with van der Waals surface area (Å²) in [5, 5.41) is 0. The summed E-state index contributed by atoms with van der Waals surface area (Å²) in [4.78, 5) is 11.1. The number of aromatic nitrogens is 2. The Kier molecular flexibility index (Phi) is 5.07. The van der Waals surface area contributed by atoms with Crippen LogP contribution in [0.4, 0.5) is 4.79 Å². The van der Waals surface area contributed by atoms with Crippen molar-refractivity contribution in [3.8, 4) is 0 Å². The fourth-order valence-electron chi connectivity index (χ4n) is 0.796. The van der Waals surface area contributed by atoms with Crippen LogP contribution in [0.15, 0.2) is 12.4 Å². The van der Waals surface area contributed by atoms with Crippen molar-refractivity contribution >= 4 is 18.3 Å². The second-order valence-electron chi connectivity index (χ2n) is 2.26. The summed E-state index contributed by atoms with van der Waals surface area (Å²) < 4.78 is 8.17. The fraction of sp³-hybridized carbons (Fsp3) is 0.429. The molecule has 0 radical (unpaired) electrons. The van der Waals surface area contributed by atoms with Crippen molar-refractivity contribution < 1.29 is 29.8 Å². The molecular weight excluding hydrogens is 183 g/mol. The molecule has 0 unspecified atom stereocenters. The standard InChI is InChI=1S/C7H10N2O2S.Li.H/c1-3-11-7(10)9-5-4-8(2)6(9)12;;/h4-5H,3H2,1-2H3;;/q;+1;-1. The summed E-state index contributed by atoms with van der Waals surface area (Å²) in [5.41, 5.74) is 0. The monoisotopic (exact) mass is 194 g/mol. The van der Waals surface area contributed by atoms with Crippen molar-refractivity contribution in [1.82, 2.24) is 9.13 Å². The van der Waals surface area contributed by atoms with E-state index in [4.69, 9.17) is 17.0 Å². The Balaban J connectivity index is 0. The molecule has 0 bridgehead atoms. The van der Waals surface area contributed by atoms with E-state index in [0.717, 1.165) is 0 Å². The van der Waals surface area contributed by atoms with Gasteiger partial charge in [-0.2, -0.15) is 0 Å². The first kappa shape index (κ1) is 12.5. The van der Waals surface area contributed by atoms with Gasteiger partial charge in [-0.15, -0.1) is 0 Å². The van der Waals surface area contributed by atoms with Crippen molar-refractivity contribution in [3.63, 3.8) is 0 Å². The van der Waals surface area contributed by atoms with Gasteiger partial charge in [0, 0.05) is 19.4 Å². The number of aryl methyl sites for hydroxylation is 1. The van der Waals surface area contributed by atoms with Crippen LogP contribution in [0.2, 0.25) is 0 Å². The van der Waals surface area contributed by atoms with E-state index in [0.29, 0.717) is 11.4 Å². The zero-order valence-electron chi connectivity index (χ0n) is 8.98. The molecule has 1 aromatic rings. The van der Waals surface area contributed by atoms with Gasteiger partial charge in [0.15, 0.2) is 4.77 Å². The van der Waals surface area contributed by atoms with Gasteiger partial charge in [0.25, 0.3) is 0 Å². The molecule has 13 heavy (non-hydrogen) atoms. The number of ether oxygens (including phenoxy) is 1. The predicted octanol–water partition coefficient (Wildman–Crippen LogP) is -1.32. The van der Waals surface area contributed by atoms with Gasteiger partial charge in [-0.25, -0.2) is 9.36 Å². The molecule has 6 heteroatoms. The maximum Gasteiger partial charge on any atom is 1.00 e. The first-order valence-corrected chi connectivity index (χ1v) is 3.98. The van der Waals surface area contributed by atoms with Crippen molar-refractivity contribution in [2.75, 3.05) is 6.61 Å². The Morgan fingerprint density at radius 1 is 1.69 bits per heavy atom. The number of carbonyl (C=O) groups excluding carboxylic acids is 1. The first-order valence-electron chi connectivity index (χ1n) is 3.58. The maximum atomic E-state index is 11.1. The Labute approximate surface area is 95.2 Å². The molecule has 68 valence electrons. The molecule has 0 saturated carbocycles. The van der Waals surface area contributed by atoms with Crippen molar-refractivity contribution in [3.05, 3.63) is 17.2 Å². The Morgan fingerprint density at radius 2 is 2.31 bits per heavy atom. The third kappa shape index (κ3) is 2.73. The van der Waals surface area contributed by atoms with Gasteiger partial charge in [0.1, 0.15) is 0 Å². The van der Waals surface area contributed by atoms with Crippen molar-refractivity contribution in [1.29, 1.82) is 0 Å². The molecule has 0 aliphatic heterocycles. The van der Waals surface area contributed by atoms with E-state index in [9.17, 15) is 4.79 Å². The molecule has 4 nitrogen and oxygen atoms in total. The zero-order chi connectivity index (χ0) is 9.14. The van der Waals surface area contributed by atoms with E-state index in [1.165, 1.54) is 4.57 Å². The molecule has 0 N–H and O–H groups in total. The maximum absolute atomic E-state index is 11.1. The molecule has 0 aliphatic rings. The molecule has 0 aliphatic carbocycles. The molecule has 1 rings (SSSR count). The second kappa shape index (κ2) is 5.28. The number of rotatable bonds is 1. The van der Waals surface area contributed by atoms with Crippen LogP contribution in [0, 0.1) is 4.77 Å². The minimum absolute atomic E-state index is 0. The minimum Gasteiger partial charge on any atom is -1.00 e. The van der Waals surface area contributed by atoms with Gasteiger partial charge in [-0.3, -0.25) is 0 Å². The van der Waals surface area contributed by atoms with Crippen LogP contribution >= 0.6 is 12.2 Å². The quantitative estimate of drug-likeness (QED) is 0.411. The van der Waals surface area contributed by atoms with Gasteiger partial charge in [0.2, 0.25) is 0 Å². The normalized spacial score (nSPS) is 9.08. The molecule has 0 fully saturated rings. The number of imidazole rings is 1. The third-order valence-corrected chi connectivity index (χ3v) is 1.90. The van der Waals surface area contributed by atoms with E-state index in [1.807, 2.05) is 0 Å². The Bertz CT molecular complexity index is 350. The Hall–Kier alpha value is -0.503. The molecule has 0 amide bonds. The Morgan fingerprint density at radius 3 is 2.69 bits per heavy atom. The van der Waals surface area contributed by atoms with Crippen LogP contribution in [0.25, 0.3) is 0 Å². The molecule has 0 spiro atoms. The molecule has 0 atom stereocenters. The van der Waals surface area contributed by atoms with E-state index in [-0.39, 0.29) is 20.3 Å². The number of carbonyl (C=O) groups is 1. The fourth-order valence-corrected chi connectivity index (χ4v) is 0.992. The van der Waals surface area contributed by atoms with Gasteiger partial charge < -0.3 is 10.7 Å². The van der Waals surface area contributed by atoms with E-state index in [2.05, 4.69) is 0 Å². The largest absolute Gasteiger partial charge is 1.00 e. The van der Waals surface area contributed by atoms with Crippen molar-refractivity contribution in [2.45, 2.75) is 6.92 Å². The average Bonchev–Trinajstić information content (AvgIpc) is 2.34. The van der Waals surface area contributed by atoms with Crippen molar-refractivity contribution in [2.24, 2.45) is 7.05 Å². The van der Waals surface area contributed by atoms with Gasteiger partial charge in [-0.05, 0) is 19.1 Å². The summed E-state index contributed by atoms with van der Waals surface area (Å²) in [6.45, 7) is 2.11. The molecule has 0 aromatic carbocycles. The van der Waals surface area contributed by atoms with Crippen LogP contribution in [-0.2, 0) is 11.8 Å². The van der Waals surface area contributed by atoms with Crippen LogP contribution in [-0.4, -0.2) is 21.8 Å². The molecule has 1 aromatic heterocycles. The topological polar surface area (TPSA) is 36.2 Å². The third-order valence-electron chi connectivity index (χ3n) is 1.41. The summed E-state index contributed by atoms with van der Waals surface area (Å²) in [5.74, 6) is 0. The van der Waals surface area contributed by atoms with Crippen LogP contribution < -0.4 is 18.9 Å². The van der Waals surface area contributed by atoms with Gasteiger partial charge in [-0.1, -0.05) is 0 Å². The summed E-state index contributed by atoms with van der Waals surface area (Å²) >= 11 is 4.94. The molecule has 0 saturated heterocycles. The zero-order valence-corrected chi connectivity index (χ0v) is 8.80. The van der Waals surface area contributed by atoms with Crippen LogP contribution in [0.3, 0.4) is 0 Å². The average molecular weight is 194 g/mol.